The Kier molecular flexibility index (Phi) is 39.4. The van der Waals surface area contributed by atoms with Crippen LogP contribution in [-0.2, 0) is 28.6 Å². The Morgan fingerprint density at radius 3 is 1.26 bits per heavy atom. The second-order valence-electron chi connectivity index (χ2n) is 17.7. The molecule has 0 saturated heterocycles. The van der Waals surface area contributed by atoms with E-state index >= 15 is 0 Å². The maximum absolute atomic E-state index is 12.8. The maximum Gasteiger partial charge on any atom is 0.362 e. The van der Waals surface area contributed by atoms with Crippen molar-refractivity contribution in [1.82, 2.24) is 0 Å². The minimum atomic E-state index is -0.872. The van der Waals surface area contributed by atoms with Gasteiger partial charge in [0.25, 0.3) is 0 Å². The van der Waals surface area contributed by atoms with Crippen molar-refractivity contribution < 1.29 is 38.2 Å². The second kappa shape index (κ2) is 40.8. The van der Waals surface area contributed by atoms with Crippen molar-refractivity contribution in [2.45, 2.75) is 244 Å². The third-order valence-corrected chi connectivity index (χ3v) is 11.2. The lowest BCUT2D eigenvalue weighted by atomic mass is 10.0. The van der Waals surface area contributed by atoms with E-state index in [2.05, 4.69) is 26.0 Å². The van der Waals surface area contributed by atoms with Gasteiger partial charge in [-0.15, -0.1) is 0 Å². The number of hydrogen-bond donors (Lipinski definition) is 1. The van der Waals surface area contributed by atoms with Crippen LogP contribution in [0.4, 0.5) is 0 Å². The highest BCUT2D eigenvalue weighted by molar-refractivity contribution is 5.72. The van der Waals surface area contributed by atoms with Crippen molar-refractivity contribution in [3.8, 4) is 0 Å². The van der Waals surface area contributed by atoms with E-state index < -0.39 is 18.1 Å². The zero-order valence-corrected chi connectivity index (χ0v) is 38.3. The number of unbranched alkanes of at least 4 members (excludes halogenated alkanes) is 28. The molecule has 2 atom stereocenters. The summed E-state index contributed by atoms with van der Waals surface area (Å²) in [6.07, 6.45) is 43.9. The second-order valence-corrected chi connectivity index (χ2v) is 17.7. The van der Waals surface area contributed by atoms with Crippen molar-refractivity contribution in [2.24, 2.45) is 0 Å². The topological polar surface area (TPSA) is 99.1 Å². The van der Waals surface area contributed by atoms with Crippen molar-refractivity contribution in [3.05, 3.63) is 12.2 Å². The summed E-state index contributed by atoms with van der Waals surface area (Å²) in [5, 5.41) is 9.63. The van der Waals surface area contributed by atoms with E-state index in [4.69, 9.17) is 14.2 Å². The molecular formula is C49H94NO7+. The van der Waals surface area contributed by atoms with Crippen LogP contribution in [0.15, 0.2) is 12.2 Å². The van der Waals surface area contributed by atoms with Crippen molar-refractivity contribution >= 4 is 17.9 Å². The average molecular weight is 809 g/mol. The summed E-state index contributed by atoms with van der Waals surface area (Å²) >= 11 is 0. The number of carbonyl (C=O) groups is 3. The van der Waals surface area contributed by atoms with E-state index in [9.17, 15) is 19.5 Å². The fourth-order valence-corrected chi connectivity index (χ4v) is 7.38. The first-order valence-corrected chi connectivity index (χ1v) is 24.2. The summed E-state index contributed by atoms with van der Waals surface area (Å²) in [5.41, 5.74) is 0. The first kappa shape index (κ1) is 55.1. The molecule has 336 valence electrons. The Morgan fingerprint density at radius 2 is 0.877 bits per heavy atom. The molecule has 0 aliphatic rings. The number of carboxylic acids is 1. The first-order valence-electron chi connectivity index (χ1n) is 24.2. The van der Waals surface area contributed by atoms with E-state index in [0.717, 1.165) is 38.5 Å². The minimum absolute atomic E-state index is 0.0465. The van der Waals surface area contributed by atoms with Gasteiger partial charge in [-0.3, -0.25) is 9.59 Å². The lowest BCUT2D eigenvalue weighted by Crippen LogP contribution is -2.50. The molecule has 0 aromatic heterocycles. The van der Waals surface area contributed by atoms with Gasteiger partial charge in [0.05, 0.1) is 34.4 Å². The van der Waals surface area contributed by atoms with Gasteiger partial charge in [-0.1, -0.05) is 187 Å². The number of hydrogen-bond acceptors (Lipinski definition) is 6. The Bertz CT molecular complexity index is 947. The number of esters is 2. The highest BCUT2D eigenvalue weighted by atomic mass is 16.6. The predicted octanol–water partition coefficient (Wildman–Crippen LogP) is 13.5. The highest BCUT2D eigenvalue weighted by Crippen LogP contribution is 2.16. The molecule has 0 saturated carbocycles. The molecule has 8 heteroatoms. The number of carboxylic acid groups (broad SMARTS) is 1. The van der Waals surface area contributed by atoms with Crippen molar-refractivity contribution in [2.75, 3.05) is 41.0 Å². The molecule has 0 aromatic carbocycles. The summed E-state index contributed by atoms with van der Waals surface area (Å²) in [5.74, 6) is -1.46. The summed E-state index contributed by atoms with van der Waals surface area (Å²) < 4.78 is 17.3. The SMILES string of the molecule is CCCCCCCCCCC/C=C/CCCCCCCCCC(=O)OC(COCCC(C(=O)O)[N+](C)(C)C)COC(=O)CCCCCCCCCCCCCCC. The number of ether oxygens (including phenoxy) is 3. The molecule has 0 spiro atoms. The molecule has 2 unspecified atom stereocenters. The molecule has 0 aromatic rings. The first-order chi connectivity index (χ1) is 27.6. The standard InChI is InChI=1S/C49H93NO7/c1-6-8-10-12-14-16-18-20-21-22-23-24-25-26-28-30-32-34-36-38-40-48(52)57-45(43-55-42-41-46(49(53)54)50(3,4)5)44-56-47(51)39-37-35-33-31-29-27-19-17-15-13-11-9-7-2/h23-24,45-46H,6-22,25-44H2,1-5H3/p+1/b24-23+. The van der Waals surface area contributed by atoms with Gasteiger partial charge in [-0.05, 0) is 38.5 Å². The molecular weight excluding hydrogens is 715 g/mol. The van der Waals surface area contributed by atoms with Crippen LogP contribution < -0.4 is 0 Å². The molecule has 0 aliphatic heterocycles. The van der Waals surface area contributed by atoms with Gasteiger partial charge < -0.3 is 23.8 Å². The smallest absolute Gasteiger partial charge is 0.362 e. The molecule has 0 bridgehead atoms. The van der Waals surface area contributed by atoms with Crippen LogP contribution in [0.25, 0.3) is 0 Å². The minimum Gasteiger partial charge on any atom is -0.477 e. The number of allylic oxidation sites excluding steroid dienone is 2. The third kappa shape index (κ3) is 39.3. The molecule has 0 fully saturated rings. The van der Waals surface area contributed by atoms with E-state index in [0.29, 0.717) is 19.3 Å². The van der Waals surface area contributed by atoms with E-state index in [1.165, 1.54) is 161 Å². The maximum atomic E-state index is 12.8. The normalized spacial score (nSPS) is 12.9. The van der Waals surface area contributed by atoms with Crippen LogP contribution in [-0.4, -0.2) is 80.6 Å². The van der Waals surface area contributed by atoms with Gasteiger partial charge in [0.1, 0.15) is 6.61 Å². The van der Waals surface area contributed by atoms with Crippen molar-refractivity contribution in [3.63, 3.8) is 0 Å². The van der Waals surface area contributed by atoms with Crippen LogP contribution in [0.5, 0.6) is 0 Å². The molecule has 0 radical (unpaired) electrons. The number of quaternary nitrogens is 1. The van der Waals surface area contributed by atoms with Crippen LogP contribution in [0.2, 0.25) is 0 Å². The highest BCUT2D eigenvalue weighted by Gasteiger charge is 2.31. The molecule has 1 N–H and O–H groups in total. The Labute approximate surface area is 352 Å². The fourth-order valence-electron chi connectivity index (χ4n) is 7.38. The number of rotatable bonds is 44. The number of aliphatic carboxylic acids is 1. The van der Waals surface area contributed by atoms with Crippen LogP contribution >= 0.6 is 0 Å². The largest absolute Gasteiger partial charge is 0.477 e. The summed E-state index contributed by atoms with van der Waals surface area (Å²) in [4.78, 5) is 37.0. The number of carbonyl (C=O) groups excluding carboxylic acids is 2. The quantitative estimate of drug-likeness (QED) is 0.0283. The Morgan fingerprint density at radius 1 is 0.509 bits per heavy atom. The van der Waals surface area contributed by atoms with Crippen molar-refractivity contribution in [1.29, 1.82) is 0 Å². The molecule has 8 nitrogen and oxygen atoms in total. The molecule has 57 heavy (non-hydrogen) atoms. The number of likely N-dealkylation sites (N-methyl/N-ethyl adjacent to an activating group) is 1. The van der Waals surface area contributed by atoms with Gasteiger partial charge in [0.2, 0.25) is 0 Å². The lowest BCUT2D eigenvalue weighted by molar-refractivity contribution is -0.887. The van der Waals surface area contributed by atoms with Gasteiger partial charge in [0, 0.05) is 19.3 Å². The van der Waals surface area contributed by atoms with Gasteiger partial charge in [0.15, 0.2) is 12.1 Å². The van der Waals surface area contributed by atoms with Gasteiger partial charge in [-0.2, -0.15) is 0 Å². The van der Waals surface area contributed by atoms with Crippen LogP contribution in [0.3, 0.4) is 0 Å². The summed E-state index contributed by atoms with van der Waals surface area (Å²) in [7, 11) is 5.54. The van der Waals surface area contributed by atoms with E-state index in [1.54, 1.807) is 0 Å². The summed E-state index contributed by atoms with van der Waals surface area (Å²) in [6.45, 7) is 4.76. The van der Waals surface area contributed by atoms with Gasteiger partial charge in [-0.25, -0.2) is 4.79 Å². The Balaban J connectivity index is 4.24. The zero-order valence-electron chi connectivity index (χ0n) is 38.3. The Hall–Kier alpha value is -1.93. The third-order valence-electron chi connectivity index (χ3n) is 11.2. The van der Waals surface area contributed by atoms with E-state index in [-0.39, 0.29) is 36.2 Å². The molecule has 0 rings (SSSR count). The number of nitrogens with zero attached hydrogens (tertiary/aromatic N) is 1. The lowest BCUT2D eigenvalue weighted by Gasteiger charge is -2.31. The van der Waals surface area contributed by atoms with Gasteiger partial charge >= 0.3 is 17.9 Å². The molecule has 0 aliphatic carbocycles. The zero-order chi connectivity index (χ0) is 42.1. The van der Waals surface area contributed by atoms with Crippen LogP contribution in [0.1, 0.15) is 232 Å². The summed E-state index contributed by atoms with van der Waals surface area (Å²) in [6, 6.07) is -0.611. The molecule has 0 heterocycles. The fraction of sp³-hybridized carbons (Fsp3) is 0.898. The van der Waals surface area contributed by atoms with Crippen LogP contribution in [0, 0.1) is 0 Å². The predicted molar refractivity (Wildman–Crippen MR) is 239 cm³/mol. The molecule has 0 amide bonds. The average Bonchev–Trinajstić information content (AvgIpc) is 3.17. The van der Waals surface area contributed by atoms with E-state index in [1.807, 2.05) is 21.1 Å². The monoisotopic (exact) mass is 809 g/mol.